The second-order valence-corrected chi connectivity index (χ2v) is 10.6. The van der Waals surface area contributed by atoms with Gasteiger partial charge in [0.2, 0.25) is 0 Å². The second-order valence-electron chi connectivity index (χ2n) is 10.6. The number of rotatable bonds is 8. The first-order chi connectivity index (χ1) is 13.7. The number of nitrogens with one attached hydrogen (secondary N) is 1. The van der Waals surface area contributed by atoms with Gasteiger partial charge in [-0.05, 0) is 75.1 Å². The highest BCUT2D eigenvalue weighted by molar-refractivity contribution is 5.53. The summed E-state index contributed by atoms with van der Waals surface area (Å²) in [7, 11) is 0. The first-order valence-electron chi connectivity index (χ1n) is 12.0. The van der Waals surface area contributed by atoms with E-state index in [1.54, 1.807) is 0 Å². The van der Waals surface area contributed by atoms with E-state index in [4.69, 9.17) is 4.74 Å². The summed E-state index contributed by atoms with van der Waals surface area (Å²) in [5, 5.41) is 14.8. The van der Waals surface area contributed by atoms with E-state index in [-0.39, 0.29) is 11.0 Å². The Hall–Kier alpha value is -1.22. The fourth-order valence-electron chi connectivity index (χ4n) is 5.75. The van der Waals surface area contributed by atoms with Crippen molar-refractivity contribution in [1.82, 2.24) is 5.32 Å². The topological polar surface area (TPSA) is 41.5 Å². The number of fused-ring (bicyclic) bond motifs is 3. The van der Waals surface area contributed by atoms with E-state index in [9.17, 15) is 5.11 Å². The van der Waals surface area contributed by atoms with Crippen LogP contribution in [0.3, 0.4) is 0 Å². The number of hydrogen-bond acceptors (Lipinski definition) is 3. The Labute approximate surface area is 178 Å². The Balaban J connectivity index is 1.90. The molecule has 3 heteroatoms. The molecule has 1 aromatic rings. The van der Waals surface area contributed by atoms with Gasteiger partial charge in [-0.1, -0.05) is 53.4 Å². The molecule has 1 aromatic carbocycles. The van der Waals surface area contributed by atoms with Crippen LogP contribution in [-0.2, 0) is 5.41 Å². The maximum Gasteiger partial charge on any atom is 0.127 e. The van der Waals surface area contributed by atoms with Crippen molar-refractivity contribution in [3.05, 3.63) is 23.3 Å². The lowest BCUT2D eigenvalue weighted by Gasteiger charge is -2.49. The molecule has 3 nitrogen and oxygen atoms in total. The van der Waals surface area contributed by atoms with Crippen LogP contribution in [0.25, 0.3) is 0 Å². The van der Waals surface area contributed by atoms with Crippen LogP contribution in [-0.4, -0.2) is 23.3 Å². The van der Waals surface area contributed by atoms with Crippen LogP contribution in [0.5, 0.6) is 11.5 Å². The molecule has 1 saturated carbocycles. The predicted octanol–water partition coefficient (Wildman–Crippen LogP) is 6.67. The third-order valence-electron chi connectivity index (χ3n) is 7.54. The zero-order chi connectivity index (χ0) is 21.2. The Morgan fingerprint density at radius 3 is 2.59 bits per heavy atom. The Bertz CT molecular complexity index is 694. The van der Waals surface area contributed by atoms with E-state index in [1.807, 2.05) is 6.07 Å². The molecule has 1 fully saturated rings. The molecule has 0 radical (unpaired) electrons. The molecule has 0 aromatic heterocycles. The van der Waals surface area contributed by atoms with E-state index >= 15 is 0 Å². The summed E-state index contributed by atoms with van der Waals surface area (Å²) in [4.78, 5) is 0. The minimum Gasteiger partial charge on any atom is -0.508 e. The van der Waals surface area contributed by atoms with E-state index in [0.29, 0.717) is 23.6 Å². The summed E-state index contributed by atoms with van der Waals surface area (Å²) in [5.41, 5.74) is 2.12. The second kappa shape index (κ2) is 8.88. The Morgan fingerprint density at radius 1 is 1.14 bits per heavy atom. The highest BCUT2D eigenvalue weighted by atomic mass is 16.5. The van der Waals surface area contributed by atoms with Gasteiger partial charge in [-0.3, -0.25) is 0 Å². The SMILES string of the molecule is CCCCCCC(C)(C)c1cc(O)c2c(c1)OC(C)(C)C1CCC(NCC)CC21. The number of ether oxygens (including phenoxy) is 1. The number of benzene rings is 1. The molecule has 1 heterocycles. The molecule has 1 aliphatic heterocycles. The molecular weight excluding hydrogens is 358 g/mol. The molecule has 2 N–H and O–H groups in total. The van der Waals surface area contributed by atoms with Crippen LogP contribution >= 0.6 is 0 Å². The van der Waals surface area contributed by atoms with Crippen molar-refractivity contribution in [2.24, 2.45) is 5.92 Å². The molecule has 164 valence electrons. The molecule has 0 bridgehead atoms. The van der Waals surface area contributed by atoms with Gasteiger partial charge in [0.25, 0.3) is 0 Å². The molecule has 2 aliphatic rings. The number of hydrogen-bond donors (Lipinski definition) is 2. The molecule has 0 spiro atoms. The van der Waals surface area contributed by atoms with Crippen molar-refractivity contribution in [3.63, 3.8) is 0 Å². The summed E-state index contributed by atoms with van der Waals surface area (Å²) in [6.45, 7) is 14.5. The summed E-state index contributed by atoms with van der Waals surface area (Å²) in [6, 6.07) is 4.81. The van der Waals surface area contributed by atoms with Gasteiger partial charge in [0, 0.05) is 17.5 Å². The van der Waals surface area contributed by atoms with E-state index in [2.05, 4.69) is 52.9 Å². The van der Waals surface area contributed by atoms with Crippen LogP contribution in [0.2, 0.25) is 0 Å². The summed E-state index contributed by atoms with van der Waals surface area (Å²) in [6.07, 6.45) is 9.67. The lowest BCUT2D eigenvalue weighted by molar-refractivity contribution is -0.0121. The zero-order valence-corrected chi connectivity index (χ0v) is 19.6. The van der Waals surface area contributed by atoms with Gasteiger partial charge in [-0.2, -0.15) is 0 Å². The van der Waals surface area contributed by atoms with Crippen molar-refractivity contribution < 1.29 is 9.84 Å². The smallest absolute Gasteiger partial charge is 0.127 e. The van der Waals surface area contributed by atoms with Crippen molar-refractivity contribution >= 4 is 0 Å². The molecule has 0 amide bonds. The lowest BCUT2D eigenvalue weighted by atomic mass is 9.65. The fraction of sp³-hybridized carbons (Fsp3) is 0.769. The quantitative estimate of drug-likeness (QED) is 0.478. The first kappa shape index (κ1) is 22.5. The number of phenols is 1. The molecule has 1 aliphatic carbocycles. The van der Waals surface area contributed by atoms with E-state index in [0.717, 1.165) is 37.1 Å². The average Bonchev–Trinajstić information content (AvgIpc) is 2.64. The third kappa shape index (κ3) is 4.76. The molecular formula is C26H43NO2. The standard InChI is InChI=1S/C26H43NO2/c1-7-9-10-11-14-25(3,4)18-15-22(28)24-20-17-19(27-8-2)12-13-21(20)26(5,6)29-23(24)16-18/h15-16,19-21,27-28H,7-14,17H2,1-6H3. The van der Waals surface area contributed by atoms with Gasteiger partial charge >= 0.3 is 0 Å². The van der Waals surface area contributed by atoms with Crippen LogP contribution in [0.1, 0.15) is 110 Å². The maximum atomic E-state index is 11.1. The molecule has 3 atom stereocenters. The Kier molecular flexibility index (Phi) is 6.88. The van der Waals surface area contributed by atoms with Crippen LogP contribution < -0.4 is 10.1 Å². The highest BCUT2D eigenvalue weighted by Gasteiger charge is 2.47. The molecule has 29 heavy (non-hydrogen) atoms. The van der Waals surface area contributed by atoms with Gasteiger partial charge < -0.3 is 15.2 Å². The summed E-state index contributed by atoms with van der Waals surface area (Å²) >= 11 is 0. The maximum absolute atomic E-state index is 11.1. The first-order valence-corrected chi connectivity index (χ1v) is 12.0. The van der Waals surface area contributed by atoms with Crippen LogP contribution in [0, 0.1) is 5.92 Å². The monoisotopic (exact) mass is 401 g/mol. The normalized spacial score (nSPS) is 25.8. The van der Waals surface area contributed by atoms with Gasteiger partial charge in [-0.25, -0.2) is 0 Å². The molecule has 3 rings (SSSR count). The van der Waals surface area contributed by atoms with E-state index in [1.165, 1.54) is 37.7 Å². The average molecular weight is 402 g/mol. The van der Waals surface area contributed by atoms with Crippen molar-refractivity contribution in [2.75, 3.05) is 6.54 Å². The highest BCUT2D eigenvalue weighted by Crippen LogP contribution is 2.55. The number of phenolic OH excluding ortho intramolecular Hbond substituents is 1. The predicted molar refractivity (Wildman–Crippen MR) is 122 cm³/mol. The minimum absolute atomic E-state index is 0.0451. The number of unbranched alkanes of at least 4 members (excludes halogenated alkanes) is 3. The molecule has 0 saturated heterocycles. The number of aromatic hydroxyl groups is 1. The van der Waals surface area contributed by atoms with Crippen LogP contribution in [0.4, 0.5) is 0 Å². The van der Waals surface area contributed by atoms with Crippen LogP contribution in [0.15, 0.2) is 12.1 Å². The fourth-order valence-corrected chi connectivity index (χ4v) is 5.75. The van der Waals surface area contributed by atoms with Crippen molar-refractivity contribution in [3.8, 4) is 11.5 Å². The van der Waals surface area contributed by atoms with Crippen molar-refractivity contribution in [2.45, 2.75) is 116 Å². The van der Waals surface area contributed by atoms with Gasteiger partial charge in [-0.15, -0.1) is 0 Å². The van der Waals surface area contributed by atoms with Gasteiger partial charge in [0.1, 0.15) is 17.1 Å². The zero-order valence-electron chi connectivity index (χ0n) is 19.6. The van der Waals surface area contributed by atoms with E-state index < -0.39 is 0 Å². The molecule has 3 unspecified atom stereocenters. The summed E-state index contributed by atoms with van der Waals surface area (Å²) in [5.74, 6) is 2.20. The van der Waals surface area contributed by atoms with Gasteiger partial charge in [0.05, 0.1) is 0 Å². The minimum atomic E-state index is -0.189. The Morgan fingerprint density at radius 2 is 1.90 bits per heavy atom. The summed E-state index contributed by atoms with van der Waals surface area (Å²) < 4.78 is 6.56. The third-order valence-corrected chi connectivity index (χ3v) is 7.54. The van der Waals surface area contributed by atoms with Crippen molar-refractivity contribution in [1.29, 1.82) is 0 Å². The van der Waals surface area contributed by atoms with Gasteiger partial charge in [0.15, 0.2) is 0 Å². The largest absolute Gasteiger partial charge is 0.508 e. The lowest BCUT2D eigenvalue weighted by Crippen LogP contribution is -2.49.